The summed E-state index contributed by atoms with van der Waals surface area (Å²) in [6.07, 6.45) is 3.48. The summed E-state index contributed by atoms with van der Waals surface area (Å²) in [7, 11) is 0. The molecule has 2 rings (SSSR count). The Morgan fingerprint density at radius 3 is 1.16 bits per heavy atom. The van der Waals surface area contributed by atoms with Crippen LogP contribution >= 0.6 is 0 Å². The Bertz CT molecular complexity index is 503. The molecule has 13 heteroatoms. The van der Waals surface area contributed by atoms with E-state index < -0.39 is 10.2 Å². The predicted molar refractivity (Wildman–Crippen MR) is 85.0 cm³/mol. The topological polar surface area (TPSA) is 210 Å². The summed E-state index contributed by atoms with van der Waals surface area (Å²) in [5, 5.41) is 29.5. The molecule has 2 aromatic rings. The van der Waals surface area contributed by atoms with Gasteiger partial charge in [0.15, 0.2) is 0 Å². The smallest absolute Gasteiger partial charge is 0.356 e. The molecule has 0 fully saturated rings. The summed E-state index contributed by atoms with van der Waals surface area (Å²) in [6, 6.07) is 11.4. The summed E-state index contributed by atoms with van der Waals surface area (Å²) in [4.78, 5) is 24.4. The fourth-order valence-electron chi connectivity index (χ4n) is 1.04. The molecule has 0 amide bonds. The third-order valence-corrected chi connectivity index (χ3v) is 1.87. The van der Waals surface area contributed by atoms with Crippen molar-refractivity contribution >= 4 is 0 Å². The van der Waals surface area contributed by atoms with Gasteiger partial charge < -0.3 is 42.1 Å². The minimum atomic E-state index is -1.75. The van der Waals surface area contributed by atoms with Gasteiger partial charge in [-0.15, -0.1) is 0 Å². The summed E-state index contributed by atoms with van der Waals surface area (Å²) < 4.78 is 0. The van der Waals surface area contributed by atoms with Crippen molar-refractivity contribution in [3.8, 4) is 0 Å². The second-order valence-corrected chi connectivity index (χ2v) is 3.50. The van der Waals surface area contributed by atoms with Crippen LogP contribution in [0.25, 0.3) is 0 Å². The first-order chi connectivity index (χ1) is 11.3. The summed E-state index contributed by atoms with van der Waals surface area (Å²) in [6.45, 7) is 1.06. The van der Waals surface area contributed by atoms with Crippen LogP contribution in [-0.2, 0) is 30.2 Å². The van der Waals surface area contributed by atoms with Gasteiger partial charge in [0.25, 0.3) is 0 Å². The molecule has 0 saturated carbocycles. The van der Waals surface area contributed by atoms with Gasteiger partial charge in [0.1, 0.15) is 0 Å². The van der Waals surface area contributed by atoms with Crippen LogP contribution in [0.1, 0.15) is 11.4 Å². The van der Waals surface area contributed by atoms with Crippen molar-refractivity contribution in [3.05, 3.63) is 90.8 Å². The van der Waals surface area contributed by atoms with Crippen molar-refractivity contribution in [2.75, 3.05) is 0 Å². The van der Waals surface area contributed by atoms with Gasteiger partial charge in [-0.05, 0) is 24.3 Å². The van der Waals surface area contributed by atoms with E-state index in [4.69, 9.17) is 42.1 Å². The normalized spacial score (nSPS) is 7.76. The first-order valence-electron chi connectivity index (χ1n) is 6.16. The van der Waals surface area contributed by atoms with Crippen LogP contribution < -0.4 is 11.5 Å². The minimum absolute atomic E-state index is 0. The monoisotopic (exact) mass is 396 g/mol. The van der Waals surface area contributed by atoms with Crippen LogP contribution in [0.15, 0.2) is 48.8 Å². The summed E-state index contributed by atoms with van der Waals surface area (Å²) in [5.41, 5.74) is 12.4. The number of hydrogen-bond donors (Lipinski definition) is 2. The molecule has 2 heterocycles. The number of nitrogens with zero attached hydrogens (tertiary/aromatic N) is 4. The fourth-order valence-corrected chi connectivity index (χ4v) is 1.04. The minimum Gasteiger partial charge on any atom is -0.356 e. The Kier molecular flexibility index (Phi) is 20.7. The molecule has 2 aromatic heterocycles. The van der Waals surface area contributed by atoms with Crippen LogP contribution in [0.4, 0.5) is 0 Å². The van der Waals surface area contributed by atoms with Crippen LogP contribution in [0, 0.1) is 30.6 Å². The predicted octanol–water partition coefficient (Wildman–Crippen LogP) is 0.600. The standard InChI is InChI=1S/2C6H8N2.Fe.2NO3/c2*7-5-6-3-1-2-4-8-6;;2*2-1(3)4/h2*1-4H,5,7H2;;;/q;;+4;2*-1. The van der Waals surface area contributed by atoms with E-state index in [2.05, 4.69) is 9.97 Å². The molecule has 12 nitrogen and oxygen atoms in total. The first kappa shape index (κ1) is 27.0. The van der Waals surface area contributed by atoms with Gasteiger partial charge in [-0.3, -0.25) is 9.97 Å². The molecule has 0 atom stereocenters. The van der Waals surface area contributed by atoms with Gasteiger partial charge in [0.2, 0.25) is 0 Å². The molecule has 0 radical (unpaired) electrons. The molecular formula is C12H16FeN6O6+2. The first-order valence-corrected chi connectivity index (χ1v) is 6.16. The van der Waals surface area contributed by atoms with E-state index in [1.54, 1.807) is 12.4 Å². The maximum atomic E-state index is 8.25. The average Bonchev–Trinajstić information content (AvgIpc) is 2.56. The van der Waals surface area contributed by atoms with E-state index in [-0.39, 0.29) is 17.1 Å². The van der Waals surface area contributed by atoms with E-state index in [0.717, 1.165) is 11.4 Å². The number of pyridine rings is 2. The van der Waals surface area contributed by atoms with Gasteiger partial charge in [0, 0.05) is 25.5 Å². The van der Waals surface area contributed by atoms with E-state index in [1.165, 1.54) is 0 Å². The Morgan fingerprint density at radius 1 is 0.760 bits per heavy atom. The molecule has 0 aliphatic heterocycles. The van der Waals surface area contributed by atoms with E-state index >= 15 is 0 Å². The average molecular weight is 396 g/mol. The molecule has 0 saturated heterocycles. The third-order valence-electron chi connectivity index (χ3n) is 1.87. The molecule has 4 N–H and O–H groups in total. The van der Waals surface area contributed by atoms with Crippen LogP contribution in [0.3, 0.4) is 0 Å². The number of rotatable bonds is 2. The Balaban J connectivity index is -0.000000270. The van der Waals surface area contributed by atoms with Crippen molar-refractivity contribution < 1.29 is 27.2 Å². The fraction of sp³-hybridized carbons (Fsp3) is 0.167. The molecule has 0 bridgehead atoms. The van der Waals surface area contributed by atoms with Crippen molar-refractivity contribution in [2.45, 2.75) is 13.1 Å². The van der Waals surface area contributed by atoms with Gasteiger partial charge >= 0.3 is 17.1 Å². The Hall–Kier alpha value is -2.86. The van der Waals surface area contributed by atoms with Crippen molar-refractivity contribution in [3.63, 3.8) is 0 Å². The van der Waals surface area contributed by atoms with Gasteiger partial charge in [-0.25, -0.2) is 0 Å². The zero-order valence-corrected chi connectivity index (χ0v) is 13.9. The summed E-state index contributed by atoms with van der Waals surface area (Å²) in [5.74, 6) is 0. The molecule has 0 aliphatic carbocycles. The zero-order chi connectivity index (χ0) is 18.8. The maximum absolute atomic E-state index is 8.25. The van der Waals surface area contributed by atoms with Crippen molar-refractivity contribution in [1.82, 2.24) is 9.97 Å². The number of nitrogens with two attached hydrogens (primary N) is 2. The van der Waals surface area contributed by atoms with E-state index in [0.29, 0.717) is 13.1 Å². The summed E-state index contributed by atoms with van der Waals surface area (Å²) >= 11 is 0. The van der Waals surface area contributed by atoms with Gasteiger partial charge in [-0.2, -0.15) is 0 Å². The van der Waals surface area contributed by atoms with Gasteiger partial charge in [-0.1, -0.05) is 12.1 Å². The molecular weight excluding hydrogens is 380 g/mol. The zero-order valence-electron chi connectivity index (χ0n) is 12.8. The third kappa shape index (κ3) is 26.4. The number of hydrogen-bond acceptors (Lipinski definition) is 10. The Labute approximate surface area is 153 Å². The largest absolute Gasteiger partial charge is 4.00 e. The van der Waals surface area contributed by atoms with Crippen LogP contribution in [-0.4, -0.2) is 20.1 Å². The molecule has 0 unspecified atom stereocenters. The van der Waals surface area contributed by atoms with Crippen LogP contribution in [0.2, 0.25) is 0 Å². The second-order valence-electron chi connectivity index (χ2n) is 3.50. The van der Waals surface area contributed by atoms with Crippen molar-refractivity contribution in [2.24, 2.45) is 11.5 Å². The van der Waals surface area contributed by atoms with E-state index in [9.17, 15) is 0 Å². The quantitative estimate of drug-likeness (QED) is 0.410. The number of aromatic nitrogens is 2. The SMILES string of the molecule is NCc1ccccn1.NCc1ccccn1.O=[N+]([O-])[O-].O=[N+]([O-])[O-].[Fe+4]. The van der Waals surface area contributed by atoms with Gasteiger partial charge in [0.05, 0.1) is 21.6 Å². The second kappa shape index (κ2) is 19.2. The van der Waals surface area contributed by atoms with Crippen molar-refractivity contribution in [1.29, 1.82) is 0 Å². The molecule has 136 valence electrons. The van der Waals surface area contributed by atoms with E-state index in [1.807, 2.05) is 36.4 Å². The molecule has 0 aromatic carbocycles. The Morgan fingerprint density at radius 2 is 1.04 bits per heavy atom. The molecule has 0 aliphatic rings. The maximum Gasteiger partial charge on any atom is 4.00 e. The molecule has 25 heavy (non-hydrogen) atoms. The van der Waals surface area contributed by atoms with Crippen LogP contribution in [0.5, 0.6) is 0 Å². The molecule has 0 spiro atoms.